The third kappa shape index (κ3) is 4.59. The zero-order valence-corrected chi connectivity index (χ0v) is 13.9. The lowest BCUT2D eigenvalue weighted by atomic mass is 9.97. The molecule has 0 saturated carbocycles. The third-order valence-corrected chi connectivity index (χ3v) is 3.85. The van der Waals surface area contributed by atoms with Crippen LogP contribution in [0.1, 0.15) is 23.4 Å². The van der Waals surface area contributed by atoms with Gasteiger partial charge < -0.3 is 15.0 Å². The van der Waals surface area contributed by atoms with Crippen molar-refractivity contribution in [3.05, 3.63) is 53.6 Å². The van der Waals surface area contributed by atoms with E-state index in [-0.39, 0.29) is 12.1 Å². The van der Waals surface area contributed by atoms with Gasteiger partial charge in [0, 0.05) is 26.0 Å². The number of hydrogen-bond acceptors (Lipinski definition) is 3. The Hall–Kier alpha value is -2.56. The van der Waals surface area contributed by atoms with E-state index in [1.165, 1.54) is 13.2 Å². The lowest BCUT2D eigenvalue weighted by molar-refractivity contribution is -0.271. The Labute approximate surface area is 149 Å². The molecule has 5 nitrogen and oxygen atoms in total. The molecule has 0 spiro atoms. The molecule has 2 aromatic rings. The molecule has 0 bridgehead atoms. The number of halogens is 6. The van der Waals surface area contributed by atoms with Gasteiger partial charge in [-0.15, -0.1) is 0 Å². The van der Waals surface area contributed by atoms with Crippen molar-refractivity contribution in [2.45, 2.75) is 30.9 Å². The van der Waals surface area contributed by atoms with Crippen molar-refractivity contribution >= 4 is 5.91 Å². The van der Waals surface area contributed by atoms with Crippen LogP contribution in [0.5, 0.6) is 0 Å². The fraction of sp³-hybridized carbons (Fsp3) is 0.375. The Morgan fingerprint density at radius 1 is 1.15 bits per heavy atom. The molecule has 1 atom stereocenters. The van der Waals surface area contributed by atoms with E-state index in [4.69, 9.17) is 0 Å². The first kappa shape index (κ1) is 20.7. The number of benzene rings is 1. The molecular formula is C16H15F6N3O2. The molecule has 148 valence electrons. The highest BCUT2D eigenvalue weighted by molar-refractivity contribution is 5.77. The molecule has 1 aromatic heterocycles. The zero-order chi connectivity index (χ0) is 20.5. The van der Waals surface area contributed by atoms with Crippen LogP contribution < -0.4 is 5.32 Å². The number of aromatic nitrogens is 2. The Balaban J connectivity index is 2.08. The van der Waals surface area contributed by atoms with E-state index in [1.54, 1.807) is 0 Å². The smallest absolute Gasteiger partial charge is 0.374 e. The van der Waals surface area contributed by atoms with Crippen LogP contribution in [-0.4, -0.2) is 26.7 Å². The number of alkyl halides is 6. The van der Waals surface area contributed by atoms with E-state index in [9.17, 15) is 36.2 Å². The van der Waals surface area contributed by atoms with Crippen molar-refractivity contribution < 1.29 is 36.2 Å². The summed E-state index contributed by atoms with van der Waals surface area (Å²) in [5.74, 6) is -1.89. The topological polar surface area (TPSA) is 67.1 Å². The lowest BCUT2D eigenvalue weighted by Gasteiger charge is -2.29. The molecule has 2 rings (SSSR count). The Kier molecular flexibility index (Phi) is 5.55. The average molecular weight is 395 g/mol. The fourth-order valence-electron chi connectivity index (χ4n) is 2.38. The largest absolute Gasteiger partial charge is 0.425 e. The minimum absolute atomic E-state index is 0.254. The highest BCUT2D eigenvalue weighted by Gasteiger charge is 2.58. The van der Waals surface area contributed by atoms with Crippen molar-refractivity contribution in [3.8, 4) is 0 Å². The molecule has 0 aliphatic heterocycles. The van der Waals surface area contributed by atoms with Crippen molar-refractivity contribution in [1.82, 2.24) is 14.9 Å². The van der Waals surface area contributed by atoms with Crippen LogP contribution in [0.25, 0.3) is 0 Å². The number of aliphatic hydroxyl groups is 1. The van der Waals surface area contributed by atoms with Gasteiger partial charge in [0.1, 0.15) is 0 Å². The number of imidazole rings is 1. The molecule has 0 fully saturated rings. The highest BCUT2D eigenvalue weighted by Crippen LogP contribution is 2.40. The molecular weight excluding hydrogens is 380 g/mol. The van der Waals surface area contributed by atoms with E-state index in [0.29, 0.717) is 0 Å². The first-order chi connectivity index (χ1) is 12.3. The van der Waals surface area contributed by atoms with E-state index in [2.05, 4.69) is 10.3 Å². The molecule has 1 unspecified atom stereocenters. The molecule has 1 heterocycles. The first-order valence-corrected chi connectivity index (χ1v) is 7.54. The van der Waals surface area contributed by atoms with Crippen molar-refractivity contribution in [1.29, 1.82) is 0 Å². The van der Waals surface area contributed by atoms with Gasteiger partial charge in [-0.3, -0.25) is 4.79 Å². The molecule has 0 aliphatic carbocycles. The van der Waals surface area contributed by atoms with Gasteiger partial charge in [0.2, 0.25) is 11.5 Å². The number of nitrogens with one attached hydrogen (secondary N) is 1. The Morgan fingerprint density at radius 2 is 1.74 bits per heavy atom. The van der Waals surface area contributed by atoms with Crippen molar-refractivity contribution in [3.63, 3.8) is 0 Å². The second kappa shape index (κ2) is 7.22. The van der Waals surface area contributed by atoms with Crippen LogP contribution in [0.4, 0.5) is 26.3 Å². The molecule has 0 aliphatic rings. The number of amides is 1. The zero-order valence-electron chi connectivity index (χ0n) is 13.9. The summed E-state index contributed by atoms with van der Waals surface area (Å²) < 4.78 is 78.4. The quantitative estimate of drug-likeness (QED) is 0.766. The third-order valence-electron chi connectivity index (χ3n) is 3.85. The molecule has 11 heteroatoms. The number of carbonyl (C=O) groups is 1. The van der Waals surface area contributed by atoms with E-state index in [0.717, 1.165) is 35.0 Å². The average Bonchev–Trinajstić information content (AvgIpc) is 2.98. The number of hydrogen-bond donors (Lipinski definition) is 2. The maximum atomic E-state index is 13.3. The van der Waals surface area contributed by atoms with Gasteiger partial charge in [-0.05, 0) is 17.7 Å². The first-order valence-electron chi connectivity index (χ1n) is 7.54. The summed E-state index contributed by atoms with van der Waals surface area (Å²) in [6, 6.07) is 3.78. The number of aryl methyl sites for hydroxylation is 1. The predicted octanol–water partition coefficient (Wildman–Crippen LogP) is 2.90. The van der Waals surface area contributed by atoms with Gasteiger partial charge in [0.25, 0.3) is 0 Å². The molecule has 2 N–H and O–H groups in total. The van der Waals surface area contributed by atoms with Gasteiger partial charge in [-0.25, -0.2) is 4.98 Å². The van der Waals surface area contributed by atoms with E-state index in [1.807, 2.05) is 0 Å². The SMILES string of the molecule is Cn1ccnc1C(O)(CC(=O)NCc1ccc(C(F)(F)F)cc1)C(F)(F)F. The summed E-state index contributed by atoms with van der Waals surface area (Å²) in [6.45, 7) is -0.300. The summed E-state index contributed by atoms with van der Waals surface area (Å²) in [6.07, 6.45) is -8.80. The normalized spacial score (nSPS) is 14.7. The van der Waals surface area contributed by atoms with Gasteiger partial charge in [0.05, 0.1) is 12.0 Å². The molecule has 0 saturated heterocycles. The van der Waals surface area contributed by atoms with Crippen LogP contribution in [0.2, 0.25) is 0 Å². The molecule has 0 radical (unpaired) electrons. The van der Waals surface area contributed by atoms with Gasteiger partial charge in [-0.1, -0.05) is 12.1 Å². The predicted molar refractivity (Wildman–Crippen MR) is 81.1 cm³/mol. The standard InChI is InChI=1S/C16H15F6N3O2/c1-25-7-6-23-13(25)14(27,16(20,21)22)8-12(26)24-9-10-2-4-11(5-3-10)15(17,18)19/h2-7,27H,8-9H2,1H3,(H,24,26). The van der Waals surface area contributed by atoms with Crippen LogP contribution in [0.15, 0.2) is 36.7 Å². The molecule has 1 amide bonds. The Bertz CT molecular complexity index is 798. The molecule has 27 heavy (non-hydrogen) atoms. The van der Waals surface area contributed by atoms with E-state index >= 15 is 0 Å². The van der Waals surface area contributed by atoms with Crippen LogP contribution in [0.3, 0.4) is 0 Å². The minimum atomic E-state index is -5.17. The van der Waals surface area contributed by atoms with Crippen molar-refractivity contribution in [2.75, 3.05) is 0 Å². The lowest BCUT2D eigenvalue weighted by Crippen LogP contribution is -2.47. The Morgan fingerprint density at radius 3 is 2.19 bits per heavy atom. The van der Waals surface area contributed by atoms with Gasteiger partial charge >= 0.3 is 12.4 Å². The van der Waals surface area contributed by atoms with Crippen molar-refractivity contribution in [2.24, 2.45) is 7.05 Å². The van der Waals surface area contributed by atoms with Crippen LogP contribution in [0, 0.1) is 0 Å². The summed E-state index contributed by atoms with van der Waals surface area (Å²) in [4.78, 5) is 15.4. The summed E-state index contributed by atoms with van der Waals surface area (Å²) in [7, 11) is 1.24. The summed E-state index contributed by atoms with van der Waals surface area (Å²) >= 11 is 0. The number of carbonyl (C=O) groups excluding carboxylic acids is 1. The maximum Gasteiger partial charge on any atom is 0.425 e. The monoisotopic (exact) mass is 395 g/mol. The molecule has 1 aromatic carbocycles. The second-order valence-electron chi connectivity index (χ2n) is 5.87. The minimum Gasteiger partial charge on any atom is -0.374 e. The number of nitrogens with zero attached hydrogens (tertiary/aromatic N) is 2. The summed E-state index contributed by atoms with van der Waals surface area (Å²) in [5, 5.41) is 12.2. The second-order valence-corrected chi connectivity index (χ2v) is 5.87. The fourth-order valence-corrected chi connectivity index (χ4v) is 2.38. The number of rotatable bonds is 5. The van der Waals surface area contributed by atoms with Gasteiger partial charge in [0.15, 0.2) is 5.82 Å². The van der Waals surface area contributed by atoms with E-state index < -0.39 is 41.7 Å². The highest BCUT2D eigenvalue weighted by atomic mass is 19.4. The maximum absolute atomic E-state index is 13.3. The van der Waals surface area contributed by atoms with Gasteiger partial charge in [-0.2, -0.15) is 26.3 Å². The van der Waals surface area contributed by atoms with Crippen LogP contribution in [-0.2, 0) is 30.2 Å². The van der Waals surface area contributed by atoms with Crippen LogP contribution >= 0.6 is 0 Å². The summed E-state index contributed by atoms with van der Waals surface area (Å²) in [5.41, 5.74) is -4.14.